The summed E-state index contributed by atoms with van der Waals surface area (Å²) in [7, 11) is 0. The van der Waals surface area contributed by atoms with Gasteiger partial charge in [0, 0.05) is 23.6 Å². The fourth-order valence-electron chi connectivity index (χ4n) is 11.1. The lowest BCUT2D eigenvalue weighted by atomic mass is 9.90. The molecule has 0 spiro atoms. The maximum absolute atomic E-state index is 13.5. The largest absolute Gasteiger partial charge is 0.493 e. The van der Waals surface area contributed by atoms with Gasteiger partial charge < -0.3 is 19.9 Å². The predicted octanol–water partition coefficient (Wildman–Crippen LogP) is 16.6. The number of halogens is 12. The summed E-state index contributed by atoms with van der Waals surface area (Å²) in [5.74, 6) is -0.279. The number of Topliss-reactive ketones (excluding diaryl/α,β-unsaturated/α-hetero) is 3. The van der Waals surface area contributed by atoms with Crippen molar-refractivity contribution < 1.29 is 72.9 Å². The van der Waals surface area contributed by atoms with Crippen LogP contribution in [0.5, 0.6) is 17.2 Å². The maximum atomic E-state index is 13.5. The zero-order valence-corrected chi connectivity index (χ0v) is 50.3. The molecule has 3 saturated carbocycles. The number of rotatable bonds is 9. The molecule has 3 aliphatic heterocycles. The van der Waals surface area contributed by atoms with E-state index in [0.29, 0.717) is 43.4 Å². The number of ether oxygens (including phenoxy) is 3. The van der Waals surface area contributed by atoms with Crippen LogP contribution in [-0.4, -0.2) is 74.7 Å². The Balaban J connectivity index is 0.000000184. The molecular weight excluding hydrogens is 1240 g/mol. The number of aryl methyl sites for hydroxylation is 3. The number of ketones is 3. The summed E-state index contributed by atoms with van der Waals surface area (Å²) >= 11 is 7.83. The quantitative estimate of drug-likeness (QED) is 0.0495. The molecule has 0 atom stereocenters. The Labute approximate surface area is 508 Å². The molecule has 2 aromatic heterocycles. The van der Waals surface area contributed by atoms with Crippen LogP contribution >= 0.6 is 39.9 Å². The number of nitrogens with two attached hydrogens (primary N) is 1. The molecule has 6 aliphatic rings. The molecule has 11 rings (SSSR count). The topological polar surface area (TPSA) is 158 Å². The highest BCUT2D eigenvalue weighted by Crippen LogP contribution is 2.45. The van der Waals surface area contributed by atoms with Gasteiger partial charge in [0.1, 0.15) is 17.2 Å². The van der Waals surface area contributed by atoms with Crippen molar-refractivity contribution >= 4 is 62.5 Å². The first-order valence-corrected chi connectivity index (χ1v) is 29.9. The second-order valence-electron chi connectivity index (χ2n) is 21.8. The number of hydrogen-bond donors (Lipinski definition) is 1. The van der Waals surface area contributed by atoms with Crippen molar-refractivity contribution in [3.8, 4) is 39.8 Å². The fourth-order valence-corrected chi connectivity index (χ4v) is 11.8. The predicted molar refractivity (Wildman–Crippen MR) is 310 cm³/mol. The van der Waals surface area contributed by atoms with Crippen molar-refractivity contribution in [3.63, 3.8) is 0 Å². The number of alkyl halides is 9. The van der Waals surface area contributed by atoms with Crippen molar-refractivity contribution in [2.75, 3.05) is 26.4 Å². The molecule has 0 bridgehead atoms. The zero-order valence-electron chi connectivity index (χ0n) is 47.2. The van der Waals surface area contributed by atoms with Crippen LogP contribution in [0.3, 0.4) is 0 Å². The van der Waals surface area contributed by atoms with E-state index in [1.165, 1.54) is 50.3 Å². The summed E-state index contributed by atoms with van der Waals surface area (Å²) in [6.45, 7) is 4.01. The Morgan fingerprint density at radius 2 is 1.05 bits per heavy atom. The standard InChI is InChI=1S/C19H20BrF3N2O.C19H21F3N2O.C13H11F3O3.C7H15N.C3H3ClO2.ClH/c20-16-17(13-8-9-15-12(11-13)5-4-10-26-15)25(14-6-2-1-3-7-14)24-18(16)19(21,22)23;20-19(21,22)18-12-16(24(23-18)15-6-2-1-3-7-15)13-8-9-17-14(11-13)5-4-10-25-17;14-13(15,16)12(18)7-10(17)8-3-4-11-9(6-8)2-1-5-19-11;8-6-7-4-2-1-3-5-7;1-2(5)3(4)6;/h8-9,11,14H,1-7,10H2;8-9,11-12,15H,1-7,10H2;3-4,6H,1-2,5,7H2;7H,1-6,8H2;1H3;1H. The smallest absolute Gasteiger partial charge is 0.450 e. The van der Waals surface area contributed by atoms with Crippen LogP contribution in [0.1, 0.15) is 179 Å². The molecule has 5 aromatic rings. The lowest BCUT2D eigenvalue weighted by Gasteiger charge is -2.24. The van der Waals surface area contributed by atoms with Crippen LogP contribution < -0.4 is 19.9 Å². The van der Waals surface area contributed by atoms with Gasteiger partial charge in [0.2, 0.25) is 11.6 Å². The minimum Gasteiger partial charge on any atom is -0.493 e. The van der Waals surface area contributed by atoms with Crippen molar-refractivity contribution in [1.82, 2.24) is 19.6 Å². The lowest BCUT2D eigenvalue weighted by molar-refractivity contribution is -0.170. The highest BCUT2D eigenvalue weighted by atomic mass is 79.9. The van der Waals surface area contributed by atoms with E-state index in [2.05, 4.69) is 37.7 Å². The lowest BCUT2D eigenvalue weighted by Crippen LogP contribution is -2.25. The number of fused-ring (bicyclic) bond motifs is 3. The number of aromatic nitrogens is 4. The van der Waals surface area contributed by atoms with Crippen LogP contribution in [0.2, 0.25) is 0 Å². The van der Waals surface area contributed by atoms with E-state index >= 15 is 0 Å². The molecule has 3 aromatic carbocycles. The highest BCUT2D eigenvalue weighted by molar-refractivity contribution is 9.10. The molecule has 0 unspecified atom stereocenters. The zero-order chi connectivity index (χ0) is 60.8. The number of benzene rings is 3. The Kier molecular flexibility index (Phi) is 25.4. The summed E-state index contributed by atoms with van der Waals surface area (Å²) in [6, 6.07) is 17.0. The normalized spacial score (nSPS) is 17.1. The summed E-state index contributed by atoms with van der Waals surface area (Å²) in [5.41, 5.74) is 9.51. The number of carbonyl (C=O) groups excluding carboxylic acids is 4. The first-order chi connectivity index (χ1) is 39.9. The van der Waals surface area contributed by atoms with Gasteiger partial charge in [-0.3, -0.25) is 28.5 Å². The summed E-state index contributed by atoms with van der Waals surface area (Å²) in [4.78, 5) is 41.6. The van der Waals surface area contributed by atoms with Crippen LogP contribution in [0, 0.1) is 5.92 Å². The van der Waals surface area contributed by atoms with Gasteiger partial charge in [-0.15, -0.1) is 12.4 Å². The van der Waals surface area contributed by atoms with Gasteiger partial charge >= 0.3 is 18.5 Å². The molecule has 0 amide bonds. The van der Waals surface area contributed by atoms with Crippen LogP contribution in [0.25, 0.3) is 22.5 Å². The minimum atomic E-state index is -4.97. The fraction of sp³-hybridized carbons (Fsp3) is 0.541. The second kappa shape index (κ2) is 31.5. The number of hydrogen-bond acceptors (Lipinski definition) is 10. The molecule has 3 aliphatic carbocycles. The summed E-state index contributed by atoms with van der Waals surface area (Å²) in [5, 5.41) is 7.05. The Hall–Kier alpha value is -5.45. The molecule has 2 N–H and O–H groups in total. The van der Waals surface area contributed by atoms with E-state index in [0.717, 1.165) is 155 Å². The third-order valence-corrected chi connectivity index (χ3v) is 16.6. The van der Waals surface area contributed by atoms with Gasteiger partial charge in [-0.1, -0.05) is 57.8 Å². The SMILES string of the molecule is CC(=O)C(=O)Cl.Cl.FC(F)(F)c1cc(-c2ccc3c(c2)CCCO3)n(C2CCCCC2)n1.FC(F)(F)c1nn(C2CCCCC2)c(-c2ccc3c(c2)CCCO3)c1Br.NCC1CCCCC1.O=C(CC(=O)C(F)(F)F)c1ccc2c(c1)CCCO2. The second-order valence-corrected chi connectivity index (χ2v) is 22.9. The average molecular weight is 1310 g/mol. The first-order valence-electron chi connectivity index (χ1n) is 28.8. The molecule has 24 heteroatoms. The van der Waals surface area contributed by atoms with E-state index in [1.54, 1.807) is 15.4 Å². The number of carbonyl (C=O) groups is 4. The molecule has 5 heterocycles. The van der Waals surface area contributed by atoms with Gasteiger partial charge in [-0.2, -0.15) is 49.7 Å². The Morgan fingerprint density at radius 3 is 1.49 bits per heavy atom. The van der Waals surface area contributed by atoms with Crippen molar-refractivity contribution in [3.05, 3.63) is 98.8 Å². The van der Waals surface area contributed by atoms with Crippen molar-refractivity contribution in [2.45, 2.75) is 179 Å². The molecule has 85 heavy (non-hydrogen) atoms. The van der Waals surface area contributed by atoms with Crippen LogP contribution in [0.15, 0.2) is 65.1 Å². The van der Waals surface area contributed by atoms with E-state index in [9.17, 15) is 58.7 Å². The van der Waals surface area contributed by atoms with Crippen LogP contribution in [-0.2, 0) is 46.0 Å². The summed E-state index contributed by atoms with van der Waals surface area (Å²) < 4.78 is 136. The van der Waals surface area contributed by atoms with E-state index in [-0.39, 0.29) is 34.5 Å². The third-order valence-electron chi connectivity index (χ3n) is 15.6. The molecule has 466 valence electrons. The third kappa shape index (κ3) is 19.3. The van der Waals surface area contributed by atoms with Gasteiger partial charge in [0.05, 0.1) is 54.2 Å². The molecule has 12 nitrogen and oxygen atoms in total. The van der Waals surface area contributed by atoms with Gasteiger partial charge in [0.25, 0.3) is 5.24 Å². The average Bonchev–Trinajstić information content (AvgIpc) is 3.07. The van der Waals surface area contributed by atoms with Gasteiger partial charge in [-0.05, 0) is 194 Å². The van der Waals surface area contributed by atoms with E-state index in [4.69, 9.17) is 19.9 Å². The highest BCUT2D eigenvalue weighted by Gasteiger charge is 2.41. The monoisotopic (exact) mass is 1310 g/mol. The molecule has 3 fully saturated rings. The number of nitrogens with zero attached hydrogens (tertiary/aromatic N) is 4. The molecular formula is C61H71BrCl2F9N5O7. The van der Waals surface area contributed by atoms with E-state index < -0.39 is 58.9 Å². The van der Waals surface area contributed by atoms with Crippen molar-refractivity contribution in [2.24, 2.45) is 11.7 Å². The van der Waals surface area contributed by atoms with E-state index in [1.807, 2.05) is 36.4 Å². The summed E-state index contributed by atoms with van der Waals surface area (Å²) in [6.07, 6.45) is 7.12. The molecule has 0 radical (unpaired) electrons. The molecule has 0 saturated heterocycles. The van der Waals surface area contributed by atoms with Gasteiger partial charge in [-0.25, -0.2) is 0 Å². The van der Waals surface area contributed by atoms with Crippen LogP contribution in [0.4, 0.5) is 39.5 Å². The first kappa shape index (κ1) is 68.7. The van der Waals surface area contributed by atoms with Gasteiger partial charge in [0.15, 0.2) is 17.2 Å². The Morgan fingerprint density at radius 1 is 0.600 bits per heavy atom. The minimum absolute atomic E-state index is 0. The Bertz CT molecular complexity index is 3040. The maximum Gasteiger partial charge on any atom is 0.450 e. The van der Waals surface area contributed by atoms with Crippen molar-refractivity contribution in [1.29, 1.82) is 0 Å².